The maximum Gasteiger partial charge on any atom is 0.164 e. The average molecular weight is 388 g/mol. The predicted octanol–water partition coefficient (Wildman–Crippen LogP) is 2.58. The third-order valence-electron chi connectivity index (χ3n) is 8.82. The molecule has 1 saturated heterocycles. The van der Waals surface area contributed by atoms with E-state index in [1.807, 2.05) is 26.8 Å². The monoisotopic (exact) mass is 387 g/mol. The lowest BCUT2D eigenvalue weighted by atomic mass is 9.58. The van der Waals surface area contributed by atoms with Crippen LogP contribution in [0.3, 0.4) is 0 Å². The number of ether oxygens (including phenoxy) is 2. The highest BCUT2D eigenvalue weighted by atomic mass is 16.7. The van der Waals surface area contributed by atoms with E-state index >= 15 is 0 Å². The molecule has 0 amide bonds. The van der Waals surface area contributed by atoms with Crippen molar-refractivity contribution < 1.29 is 19.4 Å². The summed E-state index contributed by atoms with van der Waals surface area (Å²) in [4.78, 5) is 14.2. The first-order valence-corrected chi connectivity index (χ1v) is 10.6. The van der Waals surface area contributed by atoms with Crippen LogP contribution in [0.25, 0.3) is 0 Å². The van der Waals surface area contributed by atoms with Crippen molar-refractivity contribution in [2.24, 2.45) is 40.2 Å². The lowest BCUT2D eigenvalue weighted by Gasteiger charge is -2.52. The summed E-state index contributed by atoms with van der Waals surface area (Å²) in [6, 6.07) is -0.637. The van der Waals surface area contributed by atoms with Gasteiger partial charge in [-0.2, -0.15) is 0 Å². The fourth-order valence-corrected chi connectivity index (χ4v) is 7.20. The van der Waals surface area contributed by atoms with Gasteiger partial charge in [0, 0.05) is 5.92 Å². The molecule has 4 aliphatic carbocycles. The molecule has 154 valence electrons. The van der Waals surface area contributed by atoms with Crippen molar-refractivity contribution in [3.8, 4) is 0 Å². The summed E-state index contributed by atoms with van der Waals surface area (Å²) in [5.41, 5.74) is 6.01. The van der Waals surface area contributed by atoms with Crippen LogP contribution in [0.2, 0.25) is 0 Å². The number of carbonyl (C=O) groups is 1. The molecule has 1 aliphatic heterocycles. The van der Waals surface area contributed by atoms with Gasteiger partial charge in [-0.25, -0.2) is 0 Å². The highest BCUT2D eigenvalue weighted by Crippen LogP contribution is 2.71. The molecule has 28 heavy (non-hydrogen) atoms. The zero-order valence-corrected chi connectivity index (χ0v) is 17.8. The molecule has 5 heteroatoms. The van der Waals surface area contributed by atoms with Gasteiger partial charge in [-0.1, -0.05) is 38.5 Å². The van der Waals surface area contributed by atoms with Crippen LogP contribution in [0.1, 0.15) is 48.0 Å². The van der Waals surface area contributed by atoms with E-state index < -0.39 is 28.9 Å². The average Bonchev–Trinajstić information content (AvgIpc) is 3.10. The first-order valence-electron chi connectivity index (χ1n) is 10.6. The molecule has 0 aromatic rings. The number of ketones is 1. The first-order chi connectivity index (χ1) is 12.9. The second-order valence-corrected chi connectivity index (χ2v) is 11.0. The van der Waals surface area contributed by atoms with Crippen LogP contribution in [0.15, 0.2) is 23.3 Å². The largest absolute Gasteiger partial charge is 0.383 e. The fraction of sp³-hybridized carbons (Fsp3) is 0.783. The third kappa shape index (κ3) is 1.95. The van der Waals surface area contributed by atoms with Crippen molar-refractivity contribution in [3.63, 3.8) is 0 Å². The van der Waals surface area contributed by atoms with E-state index in [0.717, 1.165) is 17.6 Å². The van der Waals surface area contributed by atoms with Crippen LogP contribution in [0.4, 0.5) is 0 Å². The van der Waals surface area contributed by atoms with Crippen molar-refractivity contribution in [3.05, 3.63) is 23.3 Å². The number of hydrogen-bond acceptors (Lipinski definition) is 5. The minimum absolute atomic E-state index is 0.00455. The number of aliphatic hydroxyl groups is 1. The van der Waals surface area contributed by atoms with Gasteiger partial charge in [0.15, 0.2) is 11.6 Å². The Morgan fingerprint density at radius 1 is 1.25 bits per heavy atom. The van der Waals surface area contributed by atoms with E-state index in [9.17, 15) is 9.90 Å². The van der Waals surface area contributed by atoms with E-state index in [1.165, 1.54) is 0 Å². The molecule has 1 spiro atoms. The fourth-order valence-electron chi connectivity index (χ4n) is 7.20. The van der Waals surface area contributed by atoms with Crippen LogP contribution < -0.4 is 5.73 Å². The van der Waals surface area contributed by atoms with Crippen LogP contribution in [0, 0.1) is 34.5 Å². The summed E-state index contributed by atoms with van der Waals surface area (Å²) in [5, 5.41) is 12.3. The number of nitrogens with two attached hydrogens (primary N) is 1. The number of allylic oxidation sites excluding steroid dienone is 1. The quantitative estimate of drug-likeness (QED) is 0.625. The number of rotatable bonds is 0. The molecular formula is C23H33NO4. The minimum Gasteiger partial charge on any atom is -0.383 e. The van der Waals surface area contributed by atoms with Crippen molar-refractivity contribution in [2.75, 3.05) is 6.61 Å². The van der Waals surface area contributed by atoms with Gasteiger partial charge >= 0.3 is 0 Å². The Balaban J connectivity index is 1.77. The Morgan fingerprint density at radius 2 is 1.93 bits per heavy atom. The van der Waals surface area contributed by atoms with Gasteiger partial charge in [0.1, 0.15) is 11.7 Å². The maximum absolute atomic E-state index is 14.2. The molecule has 5 aliphatic rings. The summed E-state index contributed by atoms with van der Waals surface area (Å²) in [6.45, 7) is 12.7. The second kappa shape index (κ2) is 5.18. The molecule has 6 unspecified atom stereocenters. The zero-order chi connectivity index (χ0) is 20.4. The Morgan fingerprint density at radius 3 is 2.61 bits per heavy atom. The number of Topliss-reactive ketones (excluding diaryl/α,β-unsaturated/α-hetero) is 1. The molecule has 3 N–H and O–H groups in total. The summed E-state index contributed by atoms with van der Waals surface area (Å²) >= 11 is 0. The number of carbonyl (C=O) groups excluding carboxylic acids is 1. The number of hydrogen-bond donors (Lipinski definition) is 2. The van der Waals surface area contributed by atoms with Crippen molar-refractivity contribution in [1.82, 2.24) is 0 Å². The van der Waals surface area contributed by atoms with Gasteiger partial charge in [-0.15, -0.1) is 0 Å². The summed E-state index contributed by atoms with van der Waals surface area (Å²) < 4.78 is 12.2. The Hall–Kier alpha value is -1.01. The smallest absolute Gasteiger partial charge is 0.164 e. The predicted molar refractivity (Wildman–Crippen MR) is 105 cm³/mol. The van der Waals surface area contributed by atoms with Gasteiger partial charge in [0.25, 0.3) is 0 Å². The normalized spacial score (nSPS) is 53.1. The van der Waals surface area contributed by atoms with Gasteiger partial charge in [-0.05, 0) is 55.9 Å². The molecular weight excluding hydrogens is 354 g/mol. The Bertz CT molecular complexity index is 826. The van der Waals surface area contributed by atoms with Crippen LogP contribution >= 0.6 is 0 Å². The first kappa shape index (κ1) is 19.0. The Kier molecular flexibility index (Phi) is 3.51. The van der Waals surface area contributed by atoms with Crippen LogP contribution in [-0.2, 0) is 14.3 Å². The lowest BCUT2D eigenvalue weighted by Crippen LogP contribution is -2.69. The van der Waals surface area contributed by atoms with Gasteiger partial charge in [-0.3, -0.25) is 4.79 Å². The topological polar surface area (TPSA) is 81.8 Å². The third-order valence-corrected chi connectivity index (χ3v) is 8.82. The maximum atomic E-state index is 14.2. The molecule has 1 heterocycles. The van der Waals surface area contributed by atoms with E-state index in [4.69, 9.17) is 15.2 Å². The van der Waals surface area contributed by atoms with Crippen molar-refractivity contribution in [2.45, 2.75) is 71.5 Å². The summed E-state index contributed by atoms with van der Waals surface area (Å²) in [5.74, 6) is -0.152. The molecule has 8 atom stereocenters. The summed E-state index contributed by atoms with van der Waals surface area (Å²) in [6.07, 6.45) is 4.35. The van der Waals surface area contributed by atoms with Crippen molar-refractivity contribution in [1.29, 1.82) is 0 Å². The van der Waals surface area contributed by atoms with E-state index in [1.54, 1.807) is 0 Å². The van der Waals surface area contributed by atoms with Crippen LogP contribution in [0.5, 0.6) is 0 Å². The molecule has 3 fully saturated rings. The molecule has 0 aromatic heterocycles. The van der Waals surface area contributed by atoms with Crippen molar-refractivity contribution >= 4 is 5.78 Å². The molecule has 2 bridgehead atoms. The van der Waals surface area contributed by atoms with Gasteiger partial charge < -0.3 is 20.3 Å². The molecule has 0 aromatic carbocycles. The molecule has 5 nitrogen and oxygen atoms in total. The second-order valence-electron chi connectivity index (χ2n) is 11.0. The zero-order valence-electron chi connectivity index (χ0n) is 17.8. The Labute approximate surface area is 167 Å². The summed E-state index contributed by atoms with van der Waals surface area (Å²) in [7, 11) is 0. The number of fused-ring (bicyclic) bond motifs is 5. The minimum atomic E-state index is -1.49. The van der Waals surface area contributed by atoms with E-state index in [2.05, 4.69) is 26.8 Å². The van der Waals surface area contributed by atoms with Crippen LogP contribution in [-0.4, -0.2) is 41.0 Å². The lowest BCUT2D eigenvalue weighted by molar-refractivity contribution is -0.294. The highest BCUT2D eigenvalue weighted by molar-refractivity contribution is 5.95. The van der Waals surface area contributed by atoms with E-state index in [-0.39, 0.29) is 23.0 Å². The standard InChI is InChI=1S/C23H33NO4/c1-11-9-22-12(2)7-15-16(20(15,3)4)14(18(22)25)8-13-10-27-21(5,6)28-19(13)23(22,26)17(11)24/h8-9,12,14-17,19,26H,7,10,24H2,1-6H3/t12-,14?,15?,16+,17?,19?,22?,23?/m1/s1. The van der Waals surface area contributed by atoms with Gasteiger partial charge in [0.2, 0.25) is 0 Å². The SMILES string of the molecule is CC1=CC23C(=O)C(C=C4COC(C)(C)OC4C2(O)C1N)[C@H]1C(C[C@H]3C)C1(C)C. The molecule has 5 rings (SSSR count). The molecule has 2 saturated carbocycles. The van der Waals surface area contributed by atoms with Gasteiger partial charge in [0.05, 0.1) is 18.1 Å². The molecule has 0 radical (unpaired) electrons. The van der Waals surface area contributed by atoms with E-state index in [0.29, 0.717) is 18.4 Å². The highest BCUT2D eigenvalue weighted by Gasteiger charge is 2.76.